The third-order valence-electron chi connectivity index (χ3n) is 4.74. The van der Waals surface area contributed by atoms with Crippen molar-refractivity contribution in [2.45, 2.75) is 31.5 Å². The van der Waals surface area contributed by atoms with E-state index in [9.17, 15) is 23.1 Å². The molecular formula is C17H20F3NO3. The summed E-state index contributed by atoms with van der Waals surface area (Å²) in [5, 5.41) is 10.1. The average molecular weight is 343 g/mol. The number of benzene rings is 1. The Morgan fingerprint density at radius 2 is 2.12 bits per heavy atom. The van der Waals surface area contributed by atoms with E-state index in [0.29, 0.717) is 25.3 Å². The first kappa shape index (κ1) is 17.2. The lowest BCUT2D eigenvalue weighted by atomic mass is 9.75. The van der Waals surface area contributed by atoms with Gasteiger partial charge in [-0.2, -0.15) is 13.2 Å². The van der Waals surface area contributed by atoms with Crippen LogP contribution in [0.4, 0.5) is 13.2 Å². The third kappa shape index (κ3) is 3.57. The van der Waals surface area contributed by atoms with Gasteiger partial charge in [0.25, 0.3) is 5.91 Å². The van der Waals surface area contributed by atoms with Crippen molar-refractivity contribution in [2.24, 2.45) is 5.41 Å². The van der Waals surface area contributed by atoms with Crippen molar-refractivity contribution < 1.29 is 27.8 Å². The van der Waals surface area contributed by atoms with Crippen molar-refractivity contribution in [1.82, 2.24) is 4.90 Å². The summed E-state index contributed by atoms with van der Waals surface area (Å²) in [7, 11) is 0. The van der Waals surface area contributed by atoms with Crippen LogP contribution in [0.2, 0.25) is 0 Å². The highest BCUT2D eigenvalue weighted by Crippen LogP contribution is 2.38. The lowest BCUT2D eigenvalue weighted by Gasteiger charge is -2.52. The van der Waals surface area contributed by atoms with Crippen molar-refractivity contribution in [3.8, 4) is 0 Å². The summed E-state index contributed by atoms with van der Waals surface area (Å²) in [5.74, 6) is -0.427. The van der Waals surface area contributed by atoms with E-state index < -0.39 is 23.8 Å². The number of likely N-dealkylation sites (tertiary alicyclic amines) is 1. The van der Waals surface area contributed by atoms with Gasteiger partial charge in [0.05, 0.1) is 12.2 Å². The first-order chi connectivity index (χ1) is 11.3. The number of hydrogen-bond acceptors (Lipinski definition) is 3. The molecule has 0 aliphatic carbocycles. The second-order valence-corrected chi connectivity index (χ2v) is 6.77. The van der Waals surface area contributed by atoms with E-state index in [0.717, 1.165) is 31.6 Å². The van der Waals surface area contributed by atoms with Crippen molar-refractivity contribution in [3.05, 3.63) is 35.4 Å². The molecule has 2 aliphatic rings. The van der Waals surface area contributed by atoms with Gasteiger partial charge in [0, 0.05) is 31.5 Å². The van der Waals surface area contributed by atoms with Crippen molar-refractivity contribution in [3.63, 3.8) is 0 Å². The number of amides is 1. The molecule has 0 saturated carbocycles. The van der Waals surface area contributed by atoms with Gasteiger partial charge in [-0.1, -0.05) is 18.2 Å². The van der Waals surface area contributed by atoms with E-state index in [-0.39, 0.29) is 11.8 Å². The smallest absolute Gasteiger partial charge is 0.383 e. The van der Waals surface area contributed by atoms with Crippen LogP contribution < -0.4 is 0 Å². The fourth-order valence-corrected chi connectivity index (χ4v) is 3.47. The third-order valence-corrected chi connectivity index (χ3v) is 4.74. The van der Waals surface area contributed by atoms with Crippen molar-refractivity contribution >= 4 is 5.91 Å². The first-order valence-electron chi connectivity index (χ1n) is 8.00. The highest BCUT2D eigenvalue weighted by atomic mass is 19.4. The molecule has 132 valence electrons. The molecule has 1 amide bonds. The number of rotatable bonds is 3. The van der Waals surface area contributed by atoms with E-state index in [1.807, 2.05) is 0 Å². The molecule has 2 fully saturated rings. The zero-order valence-corrected chi connectivity index (χ0v) is 13.2. The van der Waals surface area contributed by atoms with E-state index in [1.54, 1.807) is 4.90 Å². The lowest BCUT2D eigenvalue weighted by Crippen LogP contribution is -2.63. The van der Waals surface area contributed by atoms with Gasteiger partial charge in [0.15, 0.2) is 0 Å². The number of ether oxygens (including phenoxy) is 1. The maximum absolute atomic E-state index is 12.7. The normalized spacial score (nSPS) is 21.4. The van der Waals surface area contributed by atoms with Gasteiger partial charge >= 0.3 is 6.18 Å². The summed E-state index contributed by atoms with van der Waals surface area (Å²) in [6, 6.07) is 4.72. The molecule has 1 aromatic rings. The zero-order chi connectivity index (χ0) is 17.4. The molecule has 3 rings (SSSR count). The number of carbonyl (C=O) groups is 1. The van der Waals surface area contributed by atoms with Gasteiger partial charge in [0.1, 0.15) is 6.10 Å². The fraction of sp³-hybridized carbons (Fsp3) is 0.588. The summed E-state index contributed by atoms with van der Waals surface area (Å²) in [6.07, 6.45) is -3.91. The Kier molecular flexibility index (Phi) is 4.57. The molecule has 2 heterocycles. The fourth-order valence-electron chi connectivity index (χ4n) is 3.47. The molecule has 0 aromatic heterocycles. The van der Waals surface area contributed by atoms with Crippen molar-refractivity contribution in [1.29, 1.82) is 0 Å². The molecule has 0 bridgehead atoms. The maximum Gasteiger partial charge on any atom is 0.416 e. The molecular weight excluding hydrogens is 323 g/mol. The highest BCUT2D eigenvalue weighted by Gasteiger charge is 2.47. The lowest BCUT2D eigenvalue weighted by molar-refractivity contribution is -0.162. The van der Waals surface area contributed by atoms with Gasteiger partial charge < -0.3 is 14.7 Å². The van der Waals surface area contributed by atoms with E-state index in [1.165, 1.54) is 12.1 Å². The zero-order valence-electron chi connectivity index (χ0n) is 13.2. The minimum Gasteiger partial charge on any atom is -0.383 e. The Bertz CT molecular complexity index is 603. The Balaban J connectivity index is 1.57. The summed E-state index contributed by atoms with van der Waals surface area (Å²) in [5.41, 5.74) is -0.479. The number of aliphatic hydroxyl groups is 1. The summed E-state index contributed by atoms with van der Waals surface area (Å²) in [4.78, 5) is 13.8. The van der Waals surface area contributed by atoms with Crippen LogP contribution >= 0.6 is 0 Å². The molecule has 24 heavy (non-hydrogen) atoms. The maximum atomic E-state index is 12.7. The molecule has 2 saturated heterocycles. The number of carbonyl (C=O) groups excluding carboxylic acids is 1. The van der Waals surface area contributed by atoms with Crippen molar-refractivity contribution in [2.75, 3.05) is 26.3 Å². The molecule has 1 unspecified atom stereocenters. The predicted molar refractivity (Wildman–Crippen MR) is 80.2 cm³/mol. The SMILES string of the molecule is O=C(C(O)Cc1cccc(C(F)(F)F)c1)N1CC2(CCCOC2)C1. The topological polar surface area (TPSA) is 49.8 Å². The molecule has 1 N–H and O–H groups in total. The van der Waals surface area contributed by atoms with Crippen LogP contribution in [-0.2, 0) is 22.1 Å². The Labute approximate surface area is 138 Å². The van der Waals surface area contributed by atoms with Gasteiger partial charge in [-0.3, -0.25) is 4.79 Å². The molecule has 1 atom stereocenters. The first-order valence-corrected chi connectivity index (χ1v) is 8.00. The van der Waals surface area contributed by atoms with E-state index >= 15 is 0 Å². The minimum absolute atomic E-state index is 0.00380. The van der Waals surface area contributed by atoms with Crippen LogP contribution in [-0.4, -0.2) is 48.3 Å². The molecule has 1 aromatic carbocycles. The second kappa shape index (κ2) is 6.37. The number of halogens is 3. The molecule has 1 spiro atoms. The van der Waals surface area contributed by atoms with E-state index in [2.05, 4.69) is 0 Å². The molecule has 4 nitrogen and oxygen atoms in total. The van der Waals surface area contributed by atoms with Gasteiger partial charge in [-0.15, -0.1) is 0 Å². The van der Waals surface area contributed by atoms with E-state index in [4.69, 9.17) is 4.74 Å². The van der Waals surface area contributed by atoms with Crippen LogP contribution in [0, 0.1) is 5.41 Å². The number of aliphatic hydroxyl groups excluding tert-OH is 1. The largest absolute Gasteiger partial charge is 0.416 e. The van der Waals surface area contributed by atoms with Crippen LogP contribution in [0.1, 0.15) is 24.0 Å². The minimum atomic E-state index is -4.43. The molecule has 2 aliphatic heterocycles. The molecule has 7 heteroatoms. The summed E-state index contributed by atoms with van der Waals surface area (Å²) in [6.45, 7) is 2.46. The number of hydrogen-bond donors (Lipinski definition) is 1. The Hall–Kier alpha value is -1.60. The predicted octanol–water partition coefficient (Wildman–Crippen LogP) is 2.25. The monoisotopic (exact) mass is 343 g/mol. The summed E-state index contributed by atoms with van der Waals surface area (Å²) >= 11 is 0. The standard InChI is InChI=1S/C17H20F3NO3/c18-17(19,20)13-4-1-3-12(7-13)8-14(22)15(23)21-9-16(10-21)5-2-6-24-11-16/h1,3-4,7,14,22H,2,5-6,8-11H2. The quantitative estimate of drug-likeness (QED) is 0.916. The number of nitrogens with zero attached hydrogens (tertiary/aromatic N) is 1. The Morgan fingerprint density at radius 3 is 2.75 bits per heavy atom. The molecule has 0 radical (unpaired) electrons. The van der Waals surface area contributed by atoms with Gasteiger partial charge in [-0.25, -0.2) is 0 Å². The van der Waals surface area contributed by atoms with Gasteiger partial charge in [0.2, 0.25) is 0 Å². The van der Waals surface area contributed by atoms with Crippen LogP contribution in [0.25, 0.3) is 0 Å². The Morgan fingerprint density at radius 1 is 1.38 bits per heavy atom. The van der Waals surface area contributed by atoms with Crippen LogP contribution in [0.5, 0.6) is 0 Å². The van der Waals surface area contributed by atoms with Crippen LogP contribution in [0.15, 0.2) is 24.3 Å². The second-order valence-electron chi connectivity index (χ2n) is 6.77. The average Bonchev–Trinajstić information content (AvgIpc) is 2.52. The number of alkyl halides is 3. The van der Waals surface area contributed by atoms with Gasteiger partial charge in [-0.05, 0) is 24.5 Å². The van der Waals surface area contributed by atoms with Crippen LogP contribution in [0.3, 0.4) is 0 Å². The highest BCUT2D eigenvalue weighted by molar-refractivity contribution is 5.82. The summed E-state index contributed by atoms with van der Waals surface area (Å²) < 4.78 is 43.6.